The zero-order valence-corrected chi connectivity index (χ0v) is 11.1. The third-order valence-electron chi connectivity index (χ3n) is 1.70. The molecule has 0 fully saturated rings. The summed E-state index contributed by atoms with van der Waals surface area (Å²) in [6.07, 6.45) is 0. The highest BCUT2D eigenvalue weighted by atomic mass is 33.1. The Morgan fingerprint density at radius 2 is 2.12 bits per heavy atom. The van der Waals surface area contributed by atoms with E-state index in [4.69, 9.17) is 4.74 Å². The van der Waals surface area contributed by atoms with Crippen LogP contribution in [0.5, 0.6) is 0 Å². The Morgan fingerprint density at radius 1 is 1.47 bits per heavy atom. The van der Waals surface area contributed by atoms with Gasteiger partial charge in [-0.25, -0.2) is 4.99 Å². The Balaban J connectivity index is 2.77. The third kappa shape index (κ3) is 4.66. The van der Waals surface area contributed by atoms with Crippen LogP contribution in [0, 0.1) is 10.1 Å². The summed E-state index contributed by atoms with van der Waals surface area (Å²) >= 11 is 0. The summed E-state index contributed by atoms with van der Waals surface area (Å²) in [6, 6.07) is 6.02. The van der Waals surface area contributed by atoms with Gasteiger partial charge in [-0.15, -0.1) is 0 Å². The molecule has 5 nitrogen and oxygen atoms in total. The van der Waals surface area contributed by atoms with Crippen molar-refractivity contribution in [3.8, 4) is 0 Å². The normalized spacial score (nSPS) is 11.3. The molecule has 1 aromatic carbocycles. The second-order valence-electron chi connectivity index (χ2n) is 2.85. The molecule has 1 rings (SSSR count). The Kier molecular flexibility index (Phi) is 5.85. The number of rotatable bonds is 4. The second-order valence-corrected chi connectivity index (χ2v) is 5.38. The van der Waals surface area contributed by atoms with Crippen LogP contribution in [0.3, 0.4) is 0 Å². The first-order valence-corrected chi connectivity index (χ1v) is 7.16. The minimum absolute atomic E-state index is 0.0542. The van der Waals surface area contributed by atoms with E-state index in [-0.39, 0.29) is 5.69 Å². The number of nitro groups is 1. The van der Waals surface area contributed by atoms with Gasteiger partial charge in [-0.3, -0.25) is 10.1 Å². The highest BCUT2D eigenvalue weighted by Gasteiger charge is 2.05. The van der Waals surface area contributed by atoms with Crippen LogP contribution in [0.2, 0.25) is 0 Å². The van der Waals surface area contributed by atoms with Gasteiger partial charge in [-0.2, -0.15) is 0 Å². The molecule has 0 aliphatic carbocycles. The van der Waals surface area contributed by atoms with Crippen LogP contribution in [0.15, 0.2) is 29.3 Å². The summed E-state index contributed by atoms with van der Waals surface area (Å²) in [7, 11) is 4.61. The fraction of sp³-hybridized carbons (Fsp3) is 0.300. The van der Waals surface area contributed by atoms with Crippen molar-refractivity contribution in [1.29, 1.82) is 0 Å². The minimum atomic E-state index is -0.438. The van der Waals surface area contributed by atoms with Crippen LogP contribution >= 0.6 is 21.6 Å². The molecule has 0 saturated carbocycles. The first kappa shape index (κ1) is 13.9. The molecule has 17 heavy (non-hydrogen) atoms. The standard InChI is InChI=1S/C10H12N2O3S2/c1-3-16-17-10(15-2)11-8-4-6-9(7-5-8)12(13)14/h4-7H,3H2,1-2H3. The maximum Gasteiger partial charge on any atom is 0.269 e. The molecule has 0 radical (unpaired) electrons. The number of hydrogen-bond donors (Lipinski definition) is 0. The number of nitrogens with zero attached hydrogens (tertiary/aromatic N) is 2. The highest BCUT2D eigenvalue weighted by Crippen LogP contribution is 2.26. The van der Waals surface area contributed by atoms with E-state index in [1.165, 1.54) is 22.9 Å². The topological polar surface area (TPSA) is 64.7 Å². The molecule has 0 N–H and O–H groups in total. The maximum atomic E-state index is 10.5. The van der Waals surface area contributed by atoms with Crippen molar-refractivity contribution >= 4 is 38.2 Å². The van der Waals surface area contributed by atoms with Crippen molar-refractivity contribution in [3.63, 3.8) is 0 Å². The highest BCUT2D eigenvalue weighted by molar-refractivity contribution is 8.82. The van der Waals surface area contributed by atoms with Crippen molar-refractivity contribution in [1.82, 2.24) is 0 Å². The van der Waals surface area contributed by atoms with Crippen LogP contribution in [0.4, 0.5) is 11.4 Å². The smallest absolute Gasteiger partial charge is 0.269 e. The summed E-state index contributed by atoms with van der Waals surface area (Å²) in [5.74, 6) is 0.952. The van der Waals surface area contributed by atoms with E-state index in [0.29, 0.717) is 10.9 Å². The lowest BCUT2D eigenvalue weighted by molar-refractivity contribution is -0.384. The Hall–Kier alpha value is -1.21. The van der Waals surface area contributed by atoms with Gasteiger partial charge in [0, 0.05) is 28.7 Å². The summed E-state index contributed by atoms with van der Waals surface area (Å²) < 4.78 is 5.09. The monoisotopic (exact) mass is 272 g/mol. The SMILES string of the molecule is CCSSC(=Nc1ccc([N+](=O)[O-])cc1)OC. The molecule has 0 spiro atoms. The molecule has 0 atom stereocenters. The van der Waals surface area contributed by atoms with Gasteiger partial charge in [0.2, 0.25) is 0 Å². The van der Waals surface area contributed by atoms with Gasteiger partial charge in [0.1, 0.15) is 0 Å². The number of methoxy groups -OCH3 is 1. The largest absolute Gasteiger partial charge is 0.476 e. The molecule has 0 unspecified atom stereocenters. The summed E-state index contributed by atoms with van der Waals surface area (Å²) in [5, 5.41) is 11.0. The van der Waals surface area contributed by atoms with Crippen molar-refractivity contribution in [2.24, 2.45) is 4.99 Å². The minimum Gasteiger partial charge on any atom is -0.476 e. The lowest BCUT2D eigenvalue weighted by Crippen LogP contribution is -1.92. The van der Waals surface area contributed by atoms with Crippen molar-refractivity contribution in [3.05, 3.63) is 34.4 Å². The van der Waals surface area contributed by atoms with Crippen molar-refractivity contribution in [2.75, 3.05) is 12.9 Å². The zero-order valence-electron chi connectivity index (χ0n) is 9.45. The van der Waals surface area contributed by atoms with Gasteiger partial charge in [-0.05, 0) is 12.1 Å². The van der Waals surface area contributed by atoms with E-state index in [1.807, 2.05) is 6.92 Å². The van der Waals surface area contributed by atoms with Crippen molar-refractivity contribution < 1.29 is 9.66 Å². The Bertz CT molecular complexity index is 407. The molecule has 0 aliphatic rings. The lowest BCUT2D eigenvalue weighted by atomic mass is 10.3. The van der Waals surface area contributed by atoms with E-state index < -0.39 is 4.92 Å². The first-order chi connectivity index (χ1) is 8.17. The molecular weight excluding hydrogens is 260 g/mol. The fourth-order valence-corrected chi connectivity index (χ4v) is 2.36. The summed E-state index contributed by atoms with van der Waals surface area (Å²) in [4.78, 5) is 14.3. The average molecular weight is 272 g/mol. The zero-order chi connectivity index (χ0) is 12.7. The molecule has 0 amide bonds. The van der Waals surface area contributed by atoms with Crippen LogP contribution in [-0.2, 0) is 4.74 Å². The molecule has 7 heteroatoms. The van der Waals surface area contributed by atoms with E-state index in [9.17, 15) is 10.1 Å². The van der Waals surface area contributed by atoms with Gasteiger partial charge in [0.05, 0.1) is 17.7 Å². The summed E-state index contributed by atoms with van der Waals surface area (Å²) in [6.45, 7) is 2.04. The molecule has 1 aromatic rings. The fourth-order valence-electron chi connectivity index (χ4n) is 0.962. The average Bonchev–Trinajstić information content (AvgIpc) is 2.35. The predicted octanol–water partition coefficient (Wildman–Crippen LogP) is 3.63. The quantitative estimate of drug-likeness (QED) is 0.275. The molecule has 92 valence electrons. The number of non-ortho nitro benzene ring substituents is 1. The van der Waals surface area contributed by atoms with Gasteiger partial charge in [-0.1, -0.05) is 17.7 Å². The molecule has 0 aliphatic heterocycles. The van der Waals surface area contributed by atoms with Crippen molar-refractivity contribution in [2.45, 2.75) is 6.92 Å². The van der Waals surface area contributed by atoms with Crippen LogP contribution in [0.25, 0.3) is 0 Å². The van der Waals surface area contributed by atoms with Gasteiger partial charge < -0.3 is 4.74 Å². The Morgan fingerprint density at radius 3 is 2.59 bits per heavy atom. The predicted molar refractivity (Wildman–Crippen MR) is 72.9 cm³/mol. The molecule has 0 saturated heterocycles. The lowest BCUT2D eigenvalue weighted by Gasteiger charge is -2.02. The second kappa shape index (κ2) is 7.18. The Labute approximate surface area is 107 Å². The molecule has 0 heterocycles. The number of ether oxygens (including phenoxy) is 1. The third-order valence-corrected chi connectivity index (χ3v) is 3.95. The number of hydrogen-bond acceptors (Lipinski definition) is 6. The first-order valence-electron chi connectivity index (χ1n) is 4.84. The van der Waals surface area contributed by atoms with E-state index >= 15 is 0 Å². The molecule has 0 aromatic heterocycles. The summed E-state index contributed by atoms with van der Waals surface area (Å²) in [5.41, 5.74) is 0.690. The molecule has 0 bridgehead atoms. The maximum absolute atomic E-state index is 10.5. The van der Waals surface area contributed by atoms with Crippen LogP contribution in [0.1, 0.15) is 6.92 Å². The van der Waals surface area contributed by atoms with Gasteiger partial charge in [0.15, 0.2) is 0 Å². The van der Waals surface area contributed by atoms with E-state index in [0.717, 1.165) is 5.75 Å². The number of nitro benzene ring substituents is 1. The van der Waals surface area contributed by atoms with Crippen LogP contribution in [-0.4, -0.2) is 23.0 Å². The van der Waals surface area contributed by atoms with Crippen LogP contribution < -0.4 is 0 Å². The van der Waals surface area contributed by atoms with E-state index in [1.54, 1.807) is 30.0 Å². The number of benzene rings is 1. The number of aliphatic imine (C=N–C) groups is 1. The van der Waals surface area contributed by atoms with E-state index in [2.05, 4.69) is 4.99 Å². The van der Waals surface area contributed by atoms with Gasteiger partial charge >= 0.3 is 0 Å². The van der Waals surface area contributed by atoms with Gasteiger partial charge in [0.25, 0.3) is 10.9 Å². The molecular formula is C10H12N2O3S2.